The van der Waals surface area contributed by atoms with Gasteiger partial charge in [0.2, 0.25) is 5.91 Å². The molecule has 0 atom stereocenters. The molecule has 17 heavy (non-hydrogen) atoms. The number of amides is 1. The molecule has 1 heterocycles. The lowest BCUT2D eigenvalue weighted by molar-refractivity contribution is -0.115. The predicted octanol–water partition coefficient (Wildman–Crippen LogP) is 1.86. The van der Waals surface area contributed by atoms with Crippen molar-refractivity contribution in [3.05, 3.63) is 23.9 Å². The van der Waals surface area contributed by atoms with Crippen LogP contribution in [0.25, 0.3) is 0 Å². The van der Waals surface area contributed by atoms with E-state index in [4.69, 9.17) is 0 Å². The highest BCUT2D eigenvalue weighted by Crippen LogP contribution is 2.17. The zero-order valence-electron chi connectivity index (χ0n) is 10.2. The summed E-state index contributed by atoms with van der Waals surface area (Å²) in [5, 5.41) is 6.05. The fourth-order valence-electron chi connectivity index (χ4n) is 2.10. The Kier molecular flexibility index (Phi) is 4.09. The van der Waals surface area contributed by atoms with E-state index in [1.54, 1.807) is 6.20 Å². The first-order valence-corrected chi connectivity index (χ1v) is 6.20. The Morgan fingerprint density at radius 2 is 2.18 bits per heavy atom. The van der Waals surface area contributed by atoms with Gasteiger partial charge in [-0.15, -0.1) is 0 Å². The van der Waals surface area contributed by atoms with Crippen molar-refractivity contribution < 1.29 is 4.79 Å². The number of nitrogens with one attached hydrogen (secondary N) is 2. The third-order valence-corrected chi connectivity index (χ3v) is 3.09. The molecule has 1 amide bonds. The average Bonchev–Trinajstić information content (AvgIpc) is 2.83. The zero-order chi connectivity index (χ0) is 12.1. The second kappa shape index (κ2) is 5.77. The largest absolute Gasteiger partial charge is 0.310 e. The highest BCUT2D eigenvalue weighted by Gasteiger charge is 2.15. The van der Waals surface area contributed by atoms with Gasteiger partial charge in [-0.1, -0.05) is 18.9 Å². The van der Waals surface area contributed by atoms with E-state index in [0.29, 0.717) is 18.4 Å². The van der Waals surface area contributed by atoms with Crippen LogP contribution in [0.1, 0.15) is 31.2 Å². The van der Waals surface area contributed by atoms with Gasteiger partial charge in [-0.05, 0) is 31.4 Å². The summed E-state index contributed by atoms with van der Waals surface area (Å²) in [6.07, 6.45) is 6.68. The number of rotatable bonds is 4. The van der Waals surface area contributed by atoms with Crippen molar-refractivity contribution in [1.82, 2.24) is 10.3 Å². The molecule has 2 N–H and O–H groups in total. The second-order valence-corrected chi connectivity index (χ2v) is 4.63. The SMILES string of the molecule is Cc1ccc(NC(=O)CNC2CCCC2)nc1. The van der Waals surface area contributed by atoms with E-state index >= 15 is 0 Å². The molecule has 0 aliphatic heterocycles. The van der Waals surface area contributed by atoms with Crippen LogP contribution in [0.2, 0.25) is 0 Å². The van der Waals surface area contributed by atoms with Gasteiger partial charge in [-0.3, -0.25) is 4.79 Å². The van der Waals surface area contributed by atoms with Crippen molar-refractivity contribution in [1.29, 1.82) is 0 Å². The first-order valence-electron chi connectivity index (χ1n) is 6.20. The van der Waals surface area contributed by atoms with Gasteiger partial charge in [0.1, 0.15) is 5.82 Å². The van der Waals surface area contributed by atoms with Crippen LogP contribution in [0.15, 0.2) is 18.3 Å². The molecule has 92 valence electrons. The molecule has 0 unspecified atom stereocenters. The highest BCUT2D eigenvalue weighted by atomic mass is 16.1. The number of aromatic nitrogens is 1. The molecule has 1 aliphatic rings. The summed E-state index contributed by atoms with van der Waals surface area (Å²) < 4.78 is 0. The Bertz CT molecular complexity index is 369. The Morgan fingerprint density at radius 1 is 1.41 bits per heavy atom. The predicted molar refractivity (Wildman–Crippen MR) is 67.9 cm³/mol. The molecule has 0 radical (unpaired) electrons. The molecule has 1 aromatic rings. The van der Waals surface area contributed by atoms with Gasteiger partial charge in [-0.25, -0.2) is 4.98 Å². The molecule has 0 aromatic carbocycles. The van der Waals surface area contributed by atoms with E-state index in [1.807, 2.05) is 19.1 Å². The van der Waals surface area contributed by atoms with E-state index in [9.17, 15) is 4.79 Å². The van der Waals surface area contributed by atoms with Gasteiger partial charge >= 0.3 is 0 Å². The molecule has 0 saturated heterocycles. The summed E-state index contributed by atoms with van der Waals surface area (Å²) in [5.74, 6) is 0.599. The van der Waals surface area contributed by atoms with Crippen molar-refractivity contribution in [2.75, 3.05) is 11.9 Å². The molecule has 0 bridgehead atoms. The van der Waals surface area contributed by atoms with Crippen LogP contribution in [0.5, 0.6) is 0 Å². The standard InChI is InChI=1S/C13H19N3O/c1-10-6-7-12(15-8-10)16-13(17)9-14-11-4-2-3-5-11/h6-8,11,14H,2-5,9H2,1H3,(H,15,16,17). The first-order chi connectivity index (χ1) is 8.24. The Balaban J connectivity index is 1.74. The normalized spacial score (nSPS) is 16.1. The van der Waals surface area contributed by atoms with Gasteiger partial charge in [-0.2, -0.15) is 0 Å². The van der Waals surface area contributed by atoms with E-state index in [1.165, 1.54) is 25.7 Å². The number of carbonyl (C=O) groups is 1. The third-order valence-electron chi connectivity index (χ3n) is 3.09. The number of hydrogen-bond donors (Lipinski definition) is 2. The molecule has 2 rings (SSSR count). The van der Waals surface area contributed by atoms with Crippen molar-refractivity contribution >= 4 is 11.7 Å². The van der Waals surface area contributed by atoms with E-state index in [0.717, 1.165) is 5.56 Å². The van der Waals surface area contributed by atoms with Crippen LogP contribution >= 0.6 is 0 Å². The first kappa shape index (κ1) is 12.0. The minimum absolute atomic E-state index is 0.0201. The minimum Gasteiger partial charge on any atom is -0.310 e. The topological polar surface area (TPSA) is 54.0 Å². The summed E-state index contributed by atoms with van der Waals surface area (Å²) in [6.45, 7) is 2.35. The molecule has 1 saturated carbocycles. The Labute approximate surface area is 102 Å². The van der Waals surface area contributed by atoms with E-state index in [2.05, 4.69) is 15.6 Å². The van der Waals surface area contributed by atoms with Crippen LogP contribution in [-0.4, -0.2) is 23.5 Å². The van der Waals surface area contributed by atoms with Crippen molar-refractivity contribution in [3.8, 4) is 0 Å². The van der Waals surface area contributed by atoms with Crippen LogP contribution in [0.3, 0.4) is 0 Å². The lowest BCUT2D eigenvalue weighted by Crippen LogP contribution is -2.34. The molecule has 0 spiro atoms. The van der Waals surface area contributed by atoms with Crippen molar-refractivity contribution in [3.63, 3.8) is 0 Å². The summed E-state index contributed by atoms with van der Waals surface area (Å²) in [6, 6.07) is 4.28. The number of hydrogen-bond acceptors (Lipinski definition) is 3. The molecule has 4 heteroatoms. The maximum atomic E-state index is 11.6. The number of aryl methyl sites for hydroxylation is 1. The summed E-state index contributed by atoms with van der Waals surface area (Å²) in [5.41, 5.74) is 1.09. The monoisotopic (exact) mass is 233 g/mol. The van der Waals surface area contributed by atoms with Crippen LogP contribution < -0.4 is 10.6 Å². The summed E-state index contributed by atoms with van der Waals surface area (Å²) in [4.78, 5) is 15.8. The van der Waals surface area contributed by atoms with Crippen molar-refractivity contribution in [2.24, 2.45) is 0 Å². The van der Waals surface area contributed by atoms with E-state index in [-0.39, 0.29) is 5.91 Å². The van der Waals surface area contributed by atoms with Gasteiger partial charge in [0.05, 0.1) is 6.54 Å². The summed E-state index contributed by atoms with van der Waals surface area (Å²) in [7, 11) is 0. The maximum Gasteiger partial charge on any atom is 0.239 e. The molecular weight excluding hydrogens is 214 g/mol. The minimum atomic E-state index is -0.0201. The lowest BCUT2D eigenvalue weighted by atomic mass is 10.2. The lowest BCUT2D eigenvalue weighted by Gasteiger charge is -2.11. The van der Waals surface area contributed by atoms with E-state index < -0.39 is 0 Å². The van der Waals surface area contributed by atoms with Gasteiger partial charge in [0.15, 0.2) is 0 Å². The fourth-order valence-corrected chi connectivity index (χ4v) is 2.10. The smallest absolute Gasteiger partial charge is 0.239 e. The Hall–Kier alpha value is -1.42. The molecule has 1 aliphatic carbocycles. The Morgan fingerprint density at radius 3 is 2.82 bits per heavy atom. The number of carbonyl (C=O) groups excluding carboxylic acids is 1. The fraction of sp³-hybridized carbons (Fsp3) is 0.538. The quantitative estimate of drug-likeness (QED) is 0.834. The maximum absolute atomic E-state index is 11.6. The number of nitrogens with zero attached hydrogens (tertiary/aromatic N) is 1. The molecule has 1 fully saturated rings. The van der Waals surface area contributed by atoms with Gasteiger partial charge in [0, 0.05) is 12.2 Å². The van der Waals surface area contributed by atoms with Crippen LogP contribution in [0, 0.1) is 6.92 Å². The second-order valence-electron chi connectivity index (χ2n) is 4.63. The third kappa shape index (κ3) is 3.82. The van der Waals surface area contributed by atoms with Crippen molar-refractivity contribution in [2.45, 2.75) is 38.6 Å². The number of anilines is 1. The zero-order valence-corrected chi connectivity index (χ0v) is 10.2. The molecule has 1 aromatic heterocycles. The highest BCUT2D eigenvalue weighted by molar-refractivity contribution is 5.91. The number of pyridine rings is 1. The average molecular weight is 233 g/mol. The molecular formula is C13H19N3O. The molecule has 4 nitrogen and oxygen atoms in total. The summed E-state index contributed by atoms with van der Waals surface area (Å²) >= 11 is 0. The van der Waals surface area contributed by atoms with Gasteiger partial charge in [0.25, 0.3) is 0 Å². The van der Waals surface area contributed by atoms with Crippen LogP contribution in [-0.2, 0) is 4.79 Å². The van der Waals surface area contributed by atoms with Gasteiger partial charge < -0.3 is 10.6 Å². The van der Waals surface area contributed by atoms with Crippen LogP contribution in [0.4, 0.5) is 5.82 Å².